The monoisotopic (exact) mass is 417 g/mol. The van der Waals surface area contributed by atoms with Gasteiger partial charge in [-0.15, -0.1) is 11.3 Å². The summed E-state index contributed by atoms with van der Waals surface area (Å²) in [5.74, 6) is 0.204. The fourth-order valence-electron chi connectivity index (χ4n) is 3.98. The van der Waals surface area contributed by atoms with Gasteiger partial charge in [0.15, 0.2) is 0 Å². The van der Waals surface area contributed by atoms with E-state index in [-0.39, 0.29) is 30.4 Å². The lowest BCUT2D eigenvalue weighted by atomic mass is 9.95. The SMILES string of the molecule is CC(C)OCC(=O)N1CC[C@@H](c2c(C(=O)N3CCOCC3)sc3ncccc23)C1. The lowest BCUT2D eigenvalue weighted by Gasteiger charge is -2.27. The molecular weight excluding hydrogens is 390 g/mol. The molecule has 0 bridgehead atoms. The highest BCUT2D eigenvalue weighted by atomic mass is 32.1. The van der Waals surface area contributed by atoms with Crippen LogP contribution in [0.2, 0.25) is 0 Å². The minimum absolute atomic E-state index is 0.0138. The van der Waals surface area contributed by atoms with Crippen LogP contribution in [0.1, 0.15) is 41.4 Å². The first-order chi connectivity index (χ1) is 14.0. The first-order valence-electron chi connectivity index (χ1n) is 10.2. The van der Waals surface area contributed by atoms with Crippen LogP contribution in [0, 0.1) is 0 Å². The van der Waals surface area contributed by atoms with Gasteiger partial charge in [-0.2, -0.15) is 0 Å². The Kier molecular flexibility index (Phi) is 6.12. The van der Waals surface area contributed by atoms with E-state index in [4.69, 9.17) is 9.47 Å². The number of likely N-dealkylation sites (tertiary alicyclic amines) is 1. The molecule has 0 aromatic carbocycles. The van der Waals surface area contributed by atoms with Gasteiger partial charge in [-0.1, -0.05) is 6.07 Å². The summed E-state index contributed by atoms with van der Waals surface area (Å²) in [6.07, 6.45) is 2.64. The van der Waals surface area contributed by atoms with Gasteiger partial charge in [0.1, 0.15) is 11.4 Å². The van der Waals surface area contributed by atoms with E-state index in [0.29, 0.717) is 39.4 Å². The molecule has 156 valence electrons. The molecule has 2 aliphatic heterocycles. The zero-order valence-corrected chi connectivity index (χ0v) is 17.7. The average Bonchev–Trinajstić information content (AvgIpc) is 3.36. The zero-order chi connectivity index (χ0) is 20.4. The van der Waals surface area contributed by atoms with Crippen molar-refractivity contribution in [3.05, 3.63) is 28.8 Å². The van der Waals surface area contributed by atoms with Crippen molar-refractivity contribution in [1.82, 2.24) is 14.8 Å². The van der Waals surface area contributed by atoms with E-state index in [1.54, 1.807) is 6.20 Å². The van der Waals surface area contributed by atoms with Crippen molar-refractivity contribution in [3.8, 4) is 0 Å². The molecule has 0 spiro atoms. The predicted octanol–water partition coefficient (Wildman–Crippen LogP) is 2.51. The molecular formula is C21H27N3O4S. The minimum atomic E-state index is 0.0138. The van der Waals surface area contributed by atoms with E-state index < -0.39 is 0 Å². The Balaban J connectivity index is 1.59. The topological polar surface area (TPSA) is 72.0 Å². The third-order valence-corrected chi connectivity index (χ3v) is 6.60. The Morgan fingerprint density at radius 2 is 2.07 bits per heavy atom. The van der Waals surface area contributed by atoms with Crippen LogP contribution in [-0.4, -0.2) is 78.7 Å². The van der Waals surface area contributed by atoms with Crippen LogP contribution >= 0.6 is 11.3 Å². The highest BCUT2D eigenvalue weighted by Crippen LogP contribution is 2.40. The summed E-state index contributed by atoms with van der Waals surface area (Å²) in [5.41, 5.74) is 1.05. The standard InChI is InChI=1S/C21H27N3O4S/c1-14(2)28-13-17(25)24-7-5-15(12-24)18-16-4-3-6-22-20(16)29-19(18)21(26)23-8-10-27-11-9-23/h3-4,6,14-15H,5,7-13H2,1-2H3/t15-/m1/s1. The van der Waals surface area contributed by atoms with Crippen LogP contribution in [0.4, 0.5) is 0 Å². The van der Waals surface area contributed by atoms with Crippen LogP contribution in [0.3, 0.4) is 0 Å². The molecule has 29 heavy (non-hydrogen) atoms. The van der Waals surface area contributed by atoms with Crippen molar-refractivity contribution in [1.29, 1.82) is 0 Å². The predicted molar refractivity (Wildman–Crippen MR) is 111 cm³/mol. The van der Waals surface area contributed by atoms with Crippen molar-refractivity contribution in [2.24, 2.45) is 0 Å². The maximum atomic E-state index is 13.3. The summed E-state index contributed by atoms with van der Waals surface area (Å²) < 4.78 is 10.9. The van der Waals surface area contributed by atoms with Gasteiger partial charge in [0.25, 0.3) is 5.91 Å². The van der Waals surface area contributed by atoms with E-state index in [9.17, 15) is 9.59 Å². The number of hydrogen-bond donors (Lipinski definition) is 0. The van der Waals surface area contributed by atoms with E-state index in [1.165, 1.54) is 11.3 Å². The van der Waals surface area contributed by atoms with Gasteiger partial charge in [0.2, 0.25) is 5.91 Å². The van der Waals surface area contributed by atoms with Crippen LogP contribution < -0.4 is 0 Å². The Hall–Kier alpha value is -2.03. The highest BCUT2D eigenvalue weighted by molar-refractivity contribution is 7.20. The van der Waals surface area contributed by atoms with Crippen LogP contribution in [0.5, 0.6) is 0 Å². The second-order valence-electron chi connectivity index (χ2n) is 7.79. The normalized spacial score (nSPS) is 20.0. The van der Waals surface area contributed by atoms with Gasteiger partial charge >= 0.3 is 0 Å². The molecule has 7 nitrogen and oxygen atoms in total. The second kappa shape index (κ2) is 8.77. The quantitative estimate of drug-likeness (QED) is 0.748. The zero-order valence-electron chi connectivity index (χ0n) is 16.9. The number of carbonyl (C=O) groups excluding carboxylic acids is 2. The lowest BCUT2D eigenvalue weighted by molar-refractivity contribution is -0.136. The third-order valence-electron chi connectivity index (χ3n) is 5.49. The van der Waals surface area contributed by atoms with E-state index >= 15 is 0 Å². The lowest BCUT2D eigenvalue weighted by Crippen LogP contribution is -2.40. The molecule has 2 aromatic heterocycles. The van der Waals surface area contributed by atoms with Crippen molar-refractivity contribution < 1.29 is 19.1 Å². The Morgan fingerprint density at radius 3 is 2.83 bits per heavy atom. The van der Waals surface area contributed by atoms with Gasteiger partial charge in [0.05, 0.1) is 24.2 Å². The molecule has 8 heteroatoms. The van der Waals surface area contributed by atoms with Gasteiger partial charge in [0, 0.05) is 43.7 Å². The molecule has 2 aromatic rings. The molecule has 0 aliphatic carbocycles. The second-order valence-corrected chi connectivity index (χ2v) is 8.79. The number of thiophene rings is 1. The number of carbonyl (C=O) groups is 2. The average molecular weight is 418 g/mol. The Labute approximate surface area is 174 Å². The van der Waals surface area contributed by atoms with Gasteiger partial charge in [-0.3, -0.25) is 9.59 Å². The molecule has 4 rings (SSSR count). The first-order valence-corrected chi connectivity index (χ1v) is 11.0. The summed E-state index contributed by atoms with van der Waals surface area (Å²) >= 11 is 1.47. The van der Waals surface area contributed by atoms with E-state index in [2.05, 4.69) is 4.98 Å². The van der Waals surface area contributed by atoms with Gasteiger partial charge < -0.3 is 19.3 Å². The maximum Gasteiger partial charge on any atom is 0.264 e. The molecule has 2 aliphatic rings. The minimum Gasteiger partial charge on any atom is -0.378 e. The summed E-state index contributed by atoms with van der Waals surface area (Å²) in [7, 11) is 0. The number of hydrogen-bond acceptors (Lipinski definition) is 6. The van der Waals surface area contributed by atoms with Crippen LogP contribution in [-0.2, 0) is 14.3 Å². The molecule has 2 amide bonds. The van der Waals surface area contributed by atoms with Crippen LogP contribution in [0.25, 0.3) is 10.2 Å². The summed E-state index contributed by atoms with van der Waals surface area (Å²) in [4.78, 5) is 35.6. The molecule has 1 atom stereocenters. The number of aromatic nitrogens is 1. The Morgan fingerprint density at radius 1 is 1.28 bits per heavy atom. The van der Waals surface area contributed by atoms with Crippen molar-refractivity contribution in [2.45, 2.75) is 32.3 Å². The number of ether oxygens (including phenoxy) is 2. The van der Waals surface area contributed by atoms with Crippen LogP contribution in [0.15, 0.2) is 18.3 Å². The largest absolute Gasteiger partial charge is 0.378 e. The number of rotatable bonds is 5. The molecule has 4 heterocycles. The molecule has 0 saturated carbocycles. The summed E-state index contributed by atoms with van der Waals surface area (Å²) in [6, 6.07) is 3.95. The number of morpholine rings is 1. The van der Waals surface area contributed by atoms with Crippen molar-refractivity contribution in [2.75, 3.05) is 46.0 Å². The van der Waals surface area contributed by atoms with Gasteiger partial charge in [-0.05, 0) is 31.9 Å². The fraction of sp³-hybridized carbons (Fsp3) is 0.571. The van der Waals surface area contributed by atoms with Crippen molar-refractivity contribution >= 4 is 33.4 Å². The van der Waals surface area contributed by atoms with Crippen molar-refractivity contribution in [3.63, 3.8) is 0 Å². The highest BCUT2D eigenvalue weighted by Gasteiger charge is 2.34. The number of pyridine rings is 1. The third kappa shape index (κ3) is 4.29. The van der Waals surface area contributed by atoms with E-state index in [0.717, 1.165) is 27.1 Å². The van der Waals surface area contributed by atoms with Gasteiger partial charge in [-0.25, -0.2) is 4.98 Å². The number of nitrogens with zero attached hydrogens (tertiary/aromatic N) is 3. The first kappa shape index (κ1) is 20.3. The molecule has 0 N–H and O–H groups in total. The smallest absolute Gasteiger partial charge is 0.264 e. The molecule has 2 fully saturated rings. The summed E-state index contributed by atoms with van der Waals surface area (Å²) in [6.45, 7) is 7.64. The Bertz CT molecular complexity index is 891. The fourth-order valence-corrected chi connectivity index (χ4v) is 5.17. The summed E-state index contributed by atoms with van der Waals surface area (Å²) in [5, 5.41) is 1.03. The maximum absolute atomic E-state index is 13.3. The number of fused-ring (bicyclic) bond motifs is 1. The molecule has 0 unspecified atom stereocenters. The van der Waals surface area contributed by atoms with E-state index in [1.807, 2.05) is 35.8 Å². The number of amides is 2. The molecule has 0 radical (unpaired) electrons. The molecule has 2 saturated heterocycles.